The first-order valence-corrected chi connectivity index (χ1v) is 7.36. The number of hydrogen-bond donors (Lipinski definition) is 1. The Morgan fingerprint density at radius 1 is 1.21 bits per heavy atom. The van der Waals surface area contributed by atoms with E-state index in [2.05, 4.69) is 32.3 Å². The Labute approximate surface area is 131 Å². The van der Waals surface area contributed by atoms with Crippen molar-refractivity contribution < 1.29 is 0 Å². The van der Waals surface area contributed by atoms with E-state index in [0.717, 1.165) is 22.0 Å². The molecular formula is C14H13BrCl2N2. The van der Waals surface area contributed by atoms with Gasteiger partial charge in [0.1, 0.15) is 0 Å². The van der Waals surface area contributed by atoms with E-state index in [-0.39, 0.29) is 6.04 Å². The zero-order valence-corrected chi connectivity index (χ0v) is 13.4. The topological polar surface area (TPSA) is 24.9 Å². The lowest BCUT2D eigenvalue weighted by Gasteiger charge is -2.17. The van der Waals surface area contributed by atoms with E-state index in [1.54, 1.807) is 6.20 Å². The normalized spacial score (nSPS) is 12.4. The Morgan fingerprint density at radius 3 is 2.63 bits per heavy atom. The molecule has 1 aromatic carbocycles. The van der Waals surface area contributed by atoms with Gasteiger partial charge in [0, 0.05) is 22.9 Å². The highest BCUT2D eigenvalue weighted by Crippen LogP contribution is 2.26. The molecule has 0 spiro atoms. The standard InChI is InChI=1S/C14H13BrCl2N2/c1-18-14(10-6-11(15)8-19-7-10)5-9-2-3-12(16)13(17)4-9/h2-4,6-8,14,18H,5H2,1H3. The first kappa shape index (κ1) is 14.8. The number of halogens is 3. The molecule has 0 saturated heterocycles. The summed E-state index contributed by atoms with van der Waals surface area (Å²) in [6, 6.07) is 7.96. The van der Waals surface area contributed by atoms with Crippen LogP contribution in [-0.2, 0) is 6.42 Å². The monoisotopic (exact) mass is 358 g/mol. The van der Waals surface area contributed by atoms with Crippen LogP contribution in [0.1, 0.15) is 17.2 Å². The van der Waals surface area contributed by atoms with Crippen molar-refractivity contribution in [3.63, 3.8) is 0 Å². The highest BCUT2D eigenvalue weighted by atomic mass is 79.9. The smallest absolute Gasteiger partial charge is 0.0595 e. The summed E-state index contributed by atoms with van der Waals surface area (Å²) in [4.78, 5) is 4.19. The molecule has 0 fully saturated rings. The van der Waals surface area contributed by atoms with E-state index in [1.807, 2.05) is 31.4 Å². The minimum Gasteiger partial charge on any atom is -0.313 e. The number of nitrogens with one attached hydrogen (secondary N) is 1. The van der Waals surface area contributed by atoms with Gasteiger partial charge in [-0.05, 0) is 58.7 Å². The Kier molecular flexibility index (Phi) is 5.22. The van der Waals surface area contributed by atoms with Crippen LogP contribution >= 0.6 is 39.1 Å². The lowest BCUT2D eigenvalue weighted by Crippen LogP contribution is -2.19. The molecule has 1 aromatic heterocycles. The Bertz CT molecular complexity index is 575. The van der Waals surface area contributed by atoms with Crippen molar-refractivity contribution in [2.24, 2.45) is 0 Å². The third-order valence-corrected chi connectivity index (χ3v) is 4.07. The summed E-state index contributed by atoms with van der Waals surface area (Å²) in [7, 11) is 1.93. The van der Waals surface area contributed by atoms with Crippen molar-refractivity contribution in [3.05, 3.63) is 62.3 Å². The summed E-state index contributed by atoms with van der Waals surface area (Å²) in [6.45, 7) is 0. The molecule has 0 amide bonds. The molecule has 1 atom stereocenters. The fourth-order valence-corrected chi connectivity index (χ4v) is 2.61. The van der Waals surface area contributed by atoms with Crippen molar-refractivity contribution in [2.75, 3.05) is 7.05 Å². The van der Waals surface area contributed by atoms with E-state index in [9.17, 15) is 0 Å². The van der Waals surface area contributed by atoms with Crippen LogP contribution < -0.4 is 5.32 Å². The zero-order chi connectivity index (χ0) is 13.8. The lowest BCUT2D eigenvalue weighted by atomic mass is 10.0. The third kappa shape index (κ3) is 3.93. The minimum atomic E-state index is 0.183. The molecule has 1 heterocycles. The summed E-state index contributed by atoms with van der Waals surface area (Å²) >= 11 is 15.4. The molecule has 2 aromatic rings. The molecule has 1 unspecified atom stereocenters. The fraction of sp³-hybridized carbons (Fsp3) is 0.214. The van der Waals surface area contributed by atoms with E-state index < -0.39 is 0 Å². The van der Waals surface area contributed by atoms with Gasteiger partial charge < -0.3 is 5.32 Å². The number of benzene rings is 1. The van der Waals surface area contributed by atoms with Gasteiger partial charge in [-0.15, -0.1) is 0 Å². The molecule has 5 heteroatoms. The summed E-state index contributed by atoms with van der Waals surface area (Å²) < 4.78 is 0.972. The summed E-state index contributed by atoms with van der Waals surface area (Å²) in [6.07, 6.45) is 4.46. The van der Waals surface area contributed by atoms with E-state index >= 15 is 0 Å². The van der Waals surface area contributed by atoms with E-state index in [0.29, 0.717) is 10.0 Å². The van der Waals surface area contributed by atoms with Crippen molar-refractivity contribution in [3.8, 4) is 0 Å². The van der Waals surface area contributed by atoms with Crippen LogP contribution in [0, 0.1) is 0 Å². The summed E-state index contributed by atoms with van der Waals surface area (Å²) in [5, 5.41) is 4.46. The van der Waals surface area contributed by atoms with Crippen LogP contribution in [-0.4, -0.2) is 12.0 Å². The molecule has 1 N–H and O–H groups in total. The van der Waals surface area contributed by atoms with Crippen LogP contribution in [0.5, 0.6) is 0 Å². The Hall–Kier alpha value is -0.610. The molecule has 2 rings (SSSR count). The van der Waals surface area contributed by atoms with Crippen LogP contribution in [0.3, 0.4) is 0 Å². The number of rotatable bonds is 4. The van der Waals surface area contributed by atoms with Gasteiger partial charge >= 0.3 is 0 Å². The molecule has 0 radical (unpaired) electrons. The van der Waals surface area contributed by atoms with Gasteiger partial charge in [-0.25, -0.2) is 0 Å². The predicted octanol–water partition coefficient (Wildman–Crippen LogP) is 4.65. The van der Waals surface area contributed by atoms with Gasteiger partial charge in [0.25, 0.3) is 0 Å². The van der Waals surface area contributed by atoms with Crippen molar-refractivity contribution in [1.82, 2.24) is 10.3 Å². The number of nitrogens with zero attached hydrogens (tertiary/aromatic N) is 1. The number of hydrogen-bond acceptors (Lipinski definition) is 2. The maximum atomic E-state index is 6.04. The van der Waals surface area contributed by atoms with Crippen molar-refractivity contribution in [1.29, 1.82) is 0 Å². The molecule has 100 valence electrons. The van der Waals surface area contributed by atoms with Gasteiger partial charge in [-0.3, -0.25) is 4.98 Å². The quantitative estimate of drug-likeness (QED) is 0.859. The molecule has 0 aliphatic rings. The van der Waals surface area contributed by atoms with E-state index in [1.165, 1.54) is 0 Å². The van der Waals surface area contributed by atoms with Gasteiger partial charge in [0.2, 0.25) is 0 Å². The van der Waals surface area contributed by atoms with Crippen molar-refractivity contribution >= 4 is 39.1 Å². The highest BCUT2D eigenvalue weighted by Gasteiger charge is 2.11. The third-order valence-electron chi connectivity index (χ3n) is 2.90. The van der Waals surface area contributed by atoms with Crippen LogP contribution in [0.25, 0.3) is 0 Å². The SMILES string of the molecule is CNC(Cc1ccc(Cl)c(Cl)c1)c1cncc(Br)c1. The number of aromatic nitrogens is 1. The van der Waals surface area contributed by atoms with Crippen LogP contribution in [0.15, 0.2) is 41.1 Å². The molecule has 0 bridgehead atoms. The van der Waals surface area contributed by atoms with Crippen LogP contribution in [0.2, 0.25) is 10.0 Å². The van der Waals surface area contributed by atoms with Gasteiger partial charge in [-0.2, -0.15) is 0 Å². The molecule has 0 aliphatic heterocycles. The number of pyridine rings is 1. The predicted molar refractivity (Wildman–Crippen MR) is 83.9 cm³/mol. The van der Waals surface area contributed by atoms with Gasteiger partial charge in [-0.1, -0.05) is 29.3 Å². The molecule has 19 heavy (non-hydrogen) atoms. The second-order valence-electron chi connectivity index (χ2n) is 4.23. The summed E-state index contributed by atoms with van der Waals surface area (Å²) in [5.74, 6) is 0. The zero-order valence-electron chi connectivity index (χ0n) is 10.3. The average molecular weight is 360 g/mol. The van der Waals surface area contributed by atoms with Gasteiger partial charge in [0.05, 0.1) is 10.0 Å². The second-order valence-corrected chi connectivity index (χ2v) is 5.96. The Morgan fingerprint density at radius 2 is 2.00 bits per heavy atom. The fourth-order valence-electron chi connectivity index (χ4n) is 1.91. The first-order chi connectivity index (χ1) is 9.10. The van der Waals surface area contributed by atoms with E-state index in [4.69, 9.17) is 23.2 Å². The minimum absolute atomic E-state index is 0.183. The average Bonchev–Trinajstić information content (AvgIpc) is 2.40. The highest BCUT2D eigenvalue weighted by molar-refractivity contribution is 9.10. The number of likely N-dealkylation sites (N-methyl/N-ethyl adjacent to an activating group) is 1. The molecule has 0 saturated carbocycles. The molecule has 0 aliphatic carbocycles. The molecular weight excluding hydrogens is 347 g/mol. The maximum absolute atomic E-state index is 6.04. The molecule has 2 nitrogen and oxygen atoms in total. The van der Waals surface area contributed by atoms with Gasteiger partial charge in [0.15, 0.2) is 0 Å². The second kappa shape index (κ2) is 6.71. The summed E-state index contributed by atoms with van der Waals surface area (Å²) in [5.41, 5.74) is 2.26. The Balaban J connectivity index is 2.21. The van der Waals surface area contributed by atoms with Crippen molar-refractivity contribution in [2.45, 2.75) is 12.5 Å². The van der Waals surface area contributed by atoms with Crippen LogP contribution in [0.4, 0.5) is 0 Å². The lowest BCUT2D eigenvalue weighted by molar-refractivity contribution is 0.589. The largest absolute Gasteiger partial charge is 0.313 e. The first-order valence-electron chi connectivity index (χ1n) is 5.82. The maximum Gasteiger partial charge on any atom is 0.0595 e.